The first-order valence-corrected chi connectivity index (χ1v) is 8.21. The summed E-state index contributed by atoms with van der Waals surface area (Å²) >= 11 is 0. The predicted molar refractivity (Wildman–Crippen MR) is 92.0 cm³/mol. The first-order chi connectivity index (χ1) is 12.6. The molecule has 1 amide bonds. The van der Waals surface area contributed by atoms with Crippen LogP contribution in [-0.4, -0.2) is 28.6 Å². The third kappa shape index (κ3) is 2.40. The molecule has 4 rings (SSSR count). The SMILES string of the molecule is CCC(=O)C1=C(O)C(=O)N(c2ccc3c(c2)OCO3)C1c1cccnc1. The molecule has 132 valence electrons. The van der Waals surface area contributed by atoms with E-state index >= 15 is 0 Å². The molecule has 1 atom stereocenters. The number of rotatable bonds is 4. The van der Waals surface area contributed by atoms with Crippen molar-refractivity contribution in [3.63, 3.8) is 0 Å². The second-order valence-electron chi connectivity index (χ2n) is 5.94. The molecule has 2 aliphatic rings. The third-order valence-electron chi connectivity index (χ3n) is 4.46. The van der Waals surface area contributed by atoms with Gasteiger partial charge in [0.1, 0.15) is 0 Å². The van der Waals surface area contributed by atoms with E-state index in [4.69, 9.17) is 9.47 Å². The fourth-order valence-electron chi connectivity index (χ4n) is 3.23. The minimum atomic E-state index is -0.746. The topological polar surface area (TPSA) is 89.0 Å². The van der Waals surface area contributed by atoms with Crippen LogP contribution in [0.5, 0.6) is 11.5 Å². The fraction of sp³-hybridized carbons (Fsp3) is 0.211. The molecular formula is C19H16N2O5. The van der Waals surface area contributed by atoms with Crippen molar-refractivity contribution >= 4 is 17.4 Å². The maximum Gasteiger partial charge on any atom is 0.294 e. The number of hydrogen-bond donors (Lipinski definition) is 1. The molecule has 1 aromatic carbocycles. The second kappa shape index (κ2) is 6.18. The van der Waals surface area contributed by atoms with Crippen molar-refractivity contribution in [3.8, 4) is 11.5 Å². The molecule has 1 unspecified atom stereocenters. The van der Waals surface area contributed by atoms with Gasteiger partial charge in [-0.1, -0.05) is 13.0 Å². The van der Waals surface area contributed by atoms with Crippen molar-refractivity contribution in [2.75, 3.05) is 11.7 Å². The van der Waals surface area contributed by atoms with Gasteiger partial charge in [-0.3, -0.25) is 19.5 Å². The average molecular weight is 352 g/mol. The largest absolute Gasteiger partial charge is 0.503 e. The number of nitrogens with zero attached hydrogens (tertiary/aromatic N) is 2. The highest BCUT2D eigenvalue weighted by atomic mass is 16.7. The van der Waals surface area contributed by atoms with Gasteiger partial charge < -0.3 is 14.6 Å². The molecule has 0 saturated carbocycles. The Hall–Kier alpha value is -3.35. The maximum atomic E-state index is 12.8. The normalized spacial score (nSPS) is 18.6. The Bertz CT molecular complexity index is 923. The number of carbonyl (C=O) groups excluding carboxylic acids is 2. The average Bonchev–Trinajstić information content (AvgIpc) is 3.24. The molecular weight excluding hydrogens is 336 g/mol. The van der Waals surface area contributed by atoms with Crippen LogP contribution in [0.4, 0.5) is 5.69 Å². The number of benzene rings is 1. The molecule has 7 nitrogen and oxygen atoms in total. The van der Waals surface area contributed by atoms with Crippen molar-refractivity contribution < 1.29 is 24.2 Å². The van der Waals surface area contributed by atoms with Gasteiger partial charge >= 0.3 is 0 Å². The number of ether oxygens (including phenoxy) is 2. The lowest BCUT2D eigenvalue weighted by Gasteiger charge is -2.26. The first kappa shape index (κ1) is 16.1. The van der Waals surface area contributed by atoms with Crippen LogP contribution < -0.4 is 14.4 Å². The number of pyridine rings is 1. The summed E-state index contributed by atoms with van der Waals surface area (Å²) in [6, 6.07) is 7.80. The van der Waals surface area contributed by atoms with Crippen LogP contribution in [0.15, 0.2) is 54.1 Å². The summed E-state index contributed by atoms with van der Waals surface area (Å²) in [5.41, 5.74) is 1.22. The Morgan fingerprint density at radius 2 is 2.12 bits per heavy atom. The number of aliphatic hydroxyl groups is 1. The van der Waals surface area contributed by atoms with E-state index in [2.05, 4.69) is 4.98 Å². The molecule has 0 spiro atoms. The van der Waals surface area contributed by atoms with Crippen LogP contribution in [0.25, 0.3) is 0 Å². The van der Waals surface area contributed by atoms with Crippen LogP contribution in [0.1, 0.15) is 24.9 Å². The van der Waals surface area contributed by atoms with Crippen LogP contribution in [0, 0.1) is 0 Å². The summed E-state index contributed by atoms with van der Waals surface area (Å²) in [4.78, 5) is 30.7. The van der Waals surface area contributed by atoms with E-state index in [0.717, 1.165) is 0 Å². The molecule has 26 heavy (non-hydrogen) atoms. The number of carbonyl (C=O) groups is 2. The maximum absolute atomic E-state index is 12.8. The highest BCUT2D eigenvalue weighted by Gasteiger charge is 2.44. The van der Waals surface area contributed by atoms with Gasteiger partial charge in [0.2, 0.25) is 6.79 Å². The van der Waals surface area contributed by atoms with Gasteiger partial charge in [-0.25, -0.2) is 0 Å². The molecule has 0 fully saturated rings. The second-order valence-corrected chi connectivity index (χ2v) is 5.94. The molecule has 0 radical (unpaired) electrons. The van der Waals surface area contributed by atoms with E-state index in [-0.39, 0.29) is 24.6 Å². The van der Waals surface area contributed by atoms with Gasteiger partial charge in [0.05, 0.1) is 11.6 Å². The summed E-state index contributed by atoms with van der Waals surface area (Å²) in [6.07, 6.45) is 3.37. The molecule has 1 N–H and O–H groups in total. The fourth-order valence-corrected chi connectivity index (χ4v) is 3.23. The van der Waals surface area contributed by atoms with Crippen molar-refractivity contribution in [1.29, 1.82) is 0 Å². The van der Waals surface area contributed by atoms with Gasteiger partial charge in [0.25, 0.3) is 5.91 Å². The minimum absolute atomic E-state index is 0.0863. The smallest absolute Gasteiger partial charge is 0.294 e. The van der Waals surface area contributed by atoms with Gasteiger partial charge in [0, 0.05) is 30.6 Å². The Balaban J connectivity index is 1.85. The van der Waals surface area contributed by atoms with Crippen molar-refractivity contribution in [1.82, 2.24) is 4.98 Å². The van der Waals surface area contributed by atoms with Crippen molar-refractivity contribution in [2.45, 2.75) is 19.4 Å². The summed E-state index contributed by atoms with van der Waals surface area (Å²) in [6.45, 7) is 1.80. The van der Waals surface area contributed by atoms with Crippen LogP contribution >= 0.6 is 0 Å². The number of aromatic nitrogens is 1. The van der Waals surface area contributed by atoms with E-state index in [9.17, 15) is 14.7 Å². The summed E-state index contributed by atoms with van der Waals surface area (Å²) < 4.78 is 10.7. The van der Waals surface area contributed by atoms with E-state index in [1.807, 2.05) is 0 Å². The van der Waals surface area contributed by atoms with Crippen LogP contribution in [-0.2, 0) is 9.59 Å². The summed E-state index contributed by atoms with van der Waals surface area (Å²) in [5, 5.41) is 10.4. The zero-order valence-corrected chi connectivity index (χ0v) is 14.0. The molecule has 7 heteroatoms. The minimum Gasteiger partial charge on any atom is -0.503 e. The summed E-state index contributed by atoms with van der Waals surface area (Å²) in [5.74, 6) is -0.346. The molecule has 2 aliphatic heterocycles. The lowest BCUT2D eigenvalue weighted by molar-refractivity contribution is -0.118. The highest BCUT2D eigenvalue weighted by molar-refractivity contribution is 6.16. The predicted octanol–water partition coefficient (Wildman–Crippen LogP) is 2.69. The van der Waals surface area contributed by atoms with E-state index in [1.54, 1.807) is 49.6 Å². The number of anilines is 1. The molecule has 3 heterocycles. The van der Waals surface area contributed by atoms with Crippen molar-refractivity contribution in [3.05, 3.63) is 59.6 Å². The number of fused-ring (bicyclic) bond motifs is 1. The molecule has 0 bridgehead atoms. The van der Waals surface area contributed by atoms with Gasteiger partial charge in [0.15, 0.2) is 23.0 Å². The van der Waals surface area contributed by atoms with Gasteiger partial charge in [-0.2, -0.15) is 0 Å². The quantitative estimate of drug-likeness (QED) is 0.910. The number of amides is 1. The first-order valence-electron chi connectivity index (χ1n) is 8.21. The lowest BCUT2D eigenvalue weighted by Crippen LogP contribution is -2.31. The van der Waals surface area contributed by atoms with E-state index < -0.39 is 17.7 Å². The molecule has 0 aliphatic carbocycles. The Morgan fingerprint density at radius 1 is 1.31 bits per heavy atom. The van der Waals surface area contributed by atoms with E-state index in [0.29, 0.717) is 22.7 Å². The zero-order chi connectivity index (χ0) is 18.3. The van der Waals surface area contributed by atoms with Crippen molar-refractivity contribution in [2.24, 2.45) is 0 Å². The van der Waals surface area contributed by atoms with Crippen LogP contribution in [0.3, 0.4) is 0 Å². The number of hydrogen-bond acceptors (Lipinski definition) is 6. The number of ketones is 1. The van der Waals surface area contributed by atoms with Gasteiger partial charge in [-0.05, 0) is 23.8 Å². The lowest BCUT2D eigenvalue weighted by atomic mass is 9.96. The zero-order valence-electron chi connectivity index (χ0n) is 14.0. The standard InChI is InChI=1S/C19H16N2O5/c1-2-13(22)16-17(11-4-3-7-20-9-11)21(19(24)18(16)23)12-5-6-14-15(8-12)26-10-25-14/h3-9,17,23H,2,10H2,1H3. The number of aliphatic hydroxyl groups excluding tert-OH is 1. The summed E-state index contributed by atoms with van der Waals surface area (Å²) in [7, 11) is 0. The third-order valence-corrected chi connectivity index (χ3v) is 4.46. The molecule has 2 aromatic rings. The Kier molecular flexibility index (Phi) is 3.84. The Labute approximate surface area is 149 Å². The Morgan fingerprint density at radius 3 is 2.85 bits per heavy atom. The highest BCUT2D eigenvalue weighted by Crippen LogP contribution is 2.44. The molecule has 0 saturated heterocycles. The van der Waals surface area contributed by atoms with E-state index in [1.165, 1.54) is 4.90 Å². The molecule has 1 aromatic heterocycles. The monoisotopic (exact) mass is 352 g/mol. The van der Waals surface area contributed by atoms with Crippen LogP contribution in [0.2, 0.25) is 0 Å². The number of Topliss-reactive ketones (excluding diaryl/α,β-unsaturated/α-hetero) is 1. The van der Waals surface area contributed by atoms with Gasteiger partial charge in [-0.15, -0.1) is 0 Å².